The van der Waals surface area contributed by atoms with Gasteiger partial charge in [0.1, 0.15) is 12.0 Å². The first kappa shape index (κ1) is 9.97. The van der Waals surface area contributed by atoms with Crippen LogP contribution in [-0.4, -0.2) is 13.4 Å². The monoisotopic (exact) mass is 202 g/mol. The molecule has 0 N–H and O–H groups in total. The molecule has 0 aromatic heterocycles. The van der Waals surface area contributed by atoms with Crippen LogP contribution in [0.25, 0.3) is 6.08 Å². The molecule has 1 aliphatic carbocycles. The van der Waals surface area contributed by atoms with Crippen LogP contribution in [0.5, 0.6) is 5.75 Å². The van der Waals surface area contributed by atoms with Crippen molar-refractivity contribution in [2.45, 2.75) is 13.3 Å². The van der Waals surface area contributed by atoms with E-state index in [-0.39, 0.29) is 0 Å². The summed E-state index contributed by atoms with van der Waals surface area (Å²) in [6, 6.07) is 5.97. The molecule has 1 aromatic carbocycles. The van der Waals surface area contributed by atoms with E-state index < -0.39 is 0 Å². The summed E-state index contributed by atoms with van der Waals surface area (Å²) in [6.45, 7) is 2.07. The Morgan fingerprint density at radius 2 is 2.27 bits per heavy atom. The molecule has 0 bridgehead atoms. The number of benzene rings is 1. The van der Waals surface area contributed by atoms with E-state index in [0.717, 1.165) is 29.6 Å². The average molecular weight is 202 g/mol. The zero-order valence-electron chi connectivity index (χ0n) is 8.99. The number of methoxy groups -OCH3 is 1. The van der Waals surface area contributed by atoms with E-state index in [4.69, 9.17) is 4.74 Å². The van der Waals surface area contributed by atoms with Crippen LogP contribution in [-0.2, 0) is 11.2 Å². The first-order chi connectivity index (χ1) is 7.24. The first-order valence-corrected chi connectivity index (χ1v) is 5.08. The molecule has 0 aliphatic heterocycles. The Kier molecular flexibility index (Phi) is 2.58. The lowest BCUT2D eigenvalue weighted by molar-refractivity contribution is -0.105. The van der Waals surface area contributed by atoms with Crippen LogP contribution in [0.4, 0.5) is 0 Å². The smallest absolute Gasteiger partial charge is 0.146 e. The van der Waals surface area contributed by atoms with Crippen LogP contribution < -0.4 is 4.74 Å². The Morgan fingerprint density at radius 1 is 1.47 bits per heavy atom. The van der Waals surface area contributed by atoms with Crippen LogP contribution in [0.2, 0.25) is 0 Å². The Hall–Kier alpha value is -1.57. The summed E-state index contributed by atoms with van der Waals surface area (Å²) in [7, 11) is 1.67. The fraction of sp³-hybridized carbons (Fsp3) is 0.308. The van der Waals surface area contributed by atoms with Gasteiger partial charge in [0.25, 0.3) is 0 Å². The number of carbonyl (C=O) groups excluding carboxylic acids is 1. The number of aldehydes is 1. The zero-order chi connectivity index (χ0) is 10.8. The van der Waals surface area contributed by atoms with Gasteiger partial charge in [0.2, 0.25) is 0 Å². The van der Waals surface area contributed by atoms with E-state index >= 15 is 0 Å². The third-order valence-electron chi connectivity index (χ3n) is 2.90. The lowest BCUT2D eigenvalue weighted by Gasteiger charge is -2.20. The van der Waals surface area contributed by atoms with Crippen molar-refractivity contribution >= 4 is 12.4 Å². The molecular weight excluding hydrogens is 188 g/mol. The Morgan fingerprint density at radius 3 is 2.93 bits per heavy atom. The van der Waals surface area contributed by atoms with Crippen LogP contribution in [0.15, 0.2) is 23.8 Å². The topological polar surface area (TPSA) is 26.3 Å². The normalized spacial score (nSPS) is 19.1. The molecule has 1 atom stereocenters. The van der Waals surface area contributed by atoms with Gasteiger partial charge < -0.3 is 4.74 Å². The number of allylic oxidation sites excluding steroid dienone is 1. The summed E-state index contributed by atoms with van der Waals surface area (Å²) in [4.78, 5) is 10.8. The van der Waals surface area contributed by atoms with Crippen molar-refractivity contribution in [3.05, 3.63) is 34.9 Å². The van der Waals surface area contributed by atoms with Gasteiger partial charge in [-0.3, -0.25) is 4.79 Å². The molecule has 2 heteroatoms. The van der Waals surface area contributed by atoms with Crippen molar-refractivity contribution in [1.29, 1.82) is 0 Å². The van der Waals surface area contributed by atoms with E-state index in [1.54, 1.807) is 7.11 Å². The van der Waals surface area contributed by atoms with E-state index in [1.807, 2.05) is 24.3 Å². The second kappa shape index (κ2) is 3.89. The standard InChI is InChI=1S/C13H14O2/c1-9-5-11-7-13(15-2)4-3-10(11)6-12(9)8-14/h3-4,6-9H,5H2,1-2H3/t9-/m0/s1. The summed E-state index contributed by atoms with van der Waals surface area (Å²) in [5, 5.41) is 0. The van der Waals surface area contributed by atoms with Gasteiger partial charge in [-0.25, -0.2) is 0 Å². The van der Waals surface area contributed by atoms with Gasteiger partial charge in [-0.1, -0.05) is 13.0 Å². The van der Waals surface area contributed by atoms with E-state index in [2.05, 4.69) is 6.92 Å². The summed E-state index contributed by atoms with van der Waals surface area (Å²) in [6.07, 6.45) is 3.84. The summed E-state index contributed by atoms with van der Waals surface area (Å²) in [5.74, 6) is 1.19. The highest BCUT2D eigenvalue weighted by atomic mass is 16.5. The van der Waals surface area contributed by atoms with Crippen LogP contribution in [0.1, 0.15) is 18.1 Å². The summed E-state index contributed by atoms with van der Waals surface area (Å²) < 4.78 is 5.18. The second-order valence-corrected chi connectivity index (χ2v) is 3.93. The molecule has 0 heterocycles. The van der Waals surface area contributed by atoms with Crippen LogP contribution >= 0.6 is 0 Å². The molecule has 0 saturated carbocycles. The molecule has 0 fully saturated rings. The fourth-order valence-electron chi connectivity index (χ4n) is 1.95. The molecule has 15 heavy (non-hydrogen) atoms. The molecule has 0 saturated heterocycles. The van der Waals surface area contributed by atoms with Gasteiger partial charge in [-0.05, 0) is 47.2 Å². The number of rotatable bonds is 2. The van der Waals surface area contributed by atoms with Gasteiger partial charge in [-0.15, -0.1) is 0 Å². The maximum absolute atomic E-state index is 10.8. The van der Waals surface area contributed by atoms with Crippen molar-refractivity contribution in [2.24, 2.45) is 5.92 Å². The van der Waals surface area contributed by atoms with Crippen LogP contribution in [0, 0.1) is 5.92 Å². The van der Waals surface area contributed by atoms with E-state index in [0.29, 0.717) is 5.92 Å². The molecule has 2 nitrogen and oxygen atoms in total. The fourth-order valence-corrected chi connectivity index (χ4v) is 1.95. The van der Waals surface area contributed by atoms with Gasteiger partial charge >= 0.3 is 0 Å². The third kappa shape index (κ3) is 1.80. The molecule has 78 valence electrons. The average Bonchev–Trinajstić information content (AvgIpc) is 2.27. The minimum Gasteiger partial charge on any atom is -0.497 e. The van der Waals surface area contributed by atoms with Gasteiger partial charge in [0, 0.05) is 0 Å². The molecule has 1 aliphatic rings. The van der Waals surface area contributed by atoms with E-state index in [1.165, 1.54) is 5.56 Å². The Labute approximate surface area is 89.6 Å². The van der Waals surface area contributed by atoms with Crippen LogP contribution in [0.3, 0.4) is 0 Å². The number of hydrogen-bond acceptors (Lipinski definition) is 2. The maximum atomic E-state index is 10.8. The summed E-state index contributed by atoms with van der Waals surface area (Å²) in [5.41, 5.74) is 3.27. The molecular formula is C13H14O2. The Bertz CT molecular complexity index is 419. The quantitative estimate of drug-likeness (QED) is 0.689. The first-order valence-electron chi connectivity index (χ1n) is 5.08. The predicted octanol–water partition coefficient (Wildman–Crippen LogP) is 2.47. The highest BCUT2D eigenvalue weighted by molar-refractivity contribution is 5.84. The molecule has 0 unspecified atom stereocenters. The third-order valence-corrected chi connectivity index (χ3v) is 2.90. The molecule has 0 spiro atoms. The van der Waals surface area contributed by atoms with Crippen molar-refractivity contribution in [2.75, 3.05) is 7.11 Å². The van der Waals surface area contributed by atoms with Crippen molar-refractivity contribution < 1.29 is 9.53 Å². The SMILES string of the molecule is COc1ccc2c(c1)C[C@H](C)C(C=O)=C2. The number of hydrogen-bond donors (Lipinski definition) is 0. The van der Waals surface area contributed by atoms with Gasteiger partial charge in [0.05, 0.1) is 7.11 Å². The lowest BCUT2D eigenvalue weighted by atomic mass is 9.85. The highest BCUT2D eigenvalue weighted by Crippen LogP contribution is 2.29. The minimum atomic E-state index is 0.308. The zero-order valence-corrected chi connectivity index (χ0v) is 8.99. The second-order valence-electron chi connectivity index (χ2n) is 3.93. The molecule has 0 amide bonds. The van der Waals surface area contributed by atoms with Gasteiger partial charge in [-0.2, -0.15) is 0 Å². The predicted molar refractivity (Wildman–Crippen MR) is 59.9 cm³/mol. The summed E-state index contributed by atoms with van der Waals surface area (Å²) >= 11 is 0. The number of fused-ring (bicyclic) bond motifs is 1. The Balaban J connectivity index is 2.45. The van der Waals surface area contributed by atoms with Crippen molar-refractivity contribution in [1.82, 2.24) is 0 Å². The van der Waals surface area contributed by atoms with E-state index in [9.17, 15) is 4.79 Å². The van der Waals surface area contributed by atoms with Crippen molar-refractivity contribution in [3.8, 4) is 5.75 Å². The number of carbonyl (C=O) groups is 1. The molecule has 1 aromatic rings. The maximum Gasteiger partial charge on any atom is 0.146 e. The molecule has 0 radical (unpaired) electrons. The lowest BCUT2D eigenvalue weighted by Crippen LogP contribution is -2.10. The largest absolute Gasteiger partial charge is 0.497 e. The highest BCUT2D eigenvalue weighted by Gasteiger charge is 2.17. The van der Waals surface area contributed by atoms with Gasteiger partial charge in [0.15, 0.2) is 0 Å². The van der Waals surface area contributed by atoms with Crippen molar-refractivity contribution in [3.63, 3.8) is 0 Å². The molecule has 2 rings (SSSR count). The number of ether oxygens (including phenoxy) is 1. The minimum absolute atomic E-state index is 0.308.